The smallest absolute Gasteiger partial charge is 0.118 e. The number of H-pyrrole nitrogens is 1. The number of ether oxygens (including phenoxy) is 1. The molecule has 2 heterocycles. The van der Waals surface area contributed by atoms with Gasteiger partial charge >= 0.3 is 0 Å². The number of hydrogen-bond acceptors (Lipinski definition) is 2. The fourth-order valence-corrected chi connectivity index (χ4v) is 1.86. The van der Waals surface area contributed by atoms with Crippen LogP contribution in [0.1, 0.15) is 0 Å². The molecule has 0 spiro atoms. The summed E-state index contributed by atoms with van der Waals surface area (Å²) in [5.74, 6) is 0.858. The first-order valence-electron chi connectivity index (χ1n) is 5.45. The van der Waals surface area contributed by atoms with Gasteiger partial charge in [-0.3, -0.25) is 0 Å². The first-order chi connectivity index (χ1) is 8.36. The molecule has 3 rings (SSSR count). The van der Waals surface area contributed by atoms with Gasteiger partial charge in [0.25, 0.3) is 0 Å². The summed E-state index contributed by atoms with van der Waals surface area (Å²) in [4.78, 5) is 7.72. The Kier molecular flexibility index (Phi) is 2.29. The number of nitrogens with one attached hydrogen (secondary N) is 1. The van der Waals surface area contributed by atoms with Crippen molar-refractivity contribution in [2.24, 2.45) is 0 Å². The number of fused-ring (bicyclic) bond motifs is 1. The van der Waals surface area contributed by atoms with Crippen LogP contribution in [0.3, 0.4) is 0 Å². The molecular weight excluding hydrogens is 212 g/mol. The third-order valence-corrected chi connectivity index (χ3v) is 2.79. The maximum atomic E-state index is 5.14. The highest BCUT2D eigenvalue weighted by atomic mass is 16.5. The predicted octanol–water partition coefficient (Wildman–Crippen LogP) is 3.24. The fourth-order valence-electron chi connectivity index (χ4n) is 1.86. The Labute approximate surface area is 99.1 Å². The summed E-state index contributed by atoms with van der Waals surface area (Å²) in [7, 11) is 1.67. The normalized spacial score (nSPS) is 10.6. The minimum Gasteiger partial charge on any atom is -0.497 e. The van der Waals surface area contributed by atoms with Gasteiger partial charge in [0, 0.05) is 11.8 Å². The van der Waals surface area contributed by atoms with Crippen LogP contribution >= 0.6 is 0 Å². The van der Waals surface area contributed by atoms with Gasteiger partial charge in [-0.05, 0) is 42.5 Å². The van der Waals surface area contributed by atoms with E-state index in [1.165, 1.54) is 0 Å². The molecule has 0 radical (unpaired) electrons. The maximum Gasteiger partial charge on any atom is 0.118 e. The van der Waals surface area contributed by atoms with E-state index in [2.05, 4.69) is 9.97 Å². The summed E-state index contributed by atoms with van der Waals surface area (Å²) < 4.78 is 5.14. The average Bonchev–Trinajstić information content (AvgIpc) is 2.86. The van der Waals surface area contributed by atoms with E-state index in [0.717, 1.165) is 28.0 Å². The molecule has 0 bridgehead atoms. The van der Waals surface area contributed by atoms with E-state index in [4.69, 9.17) is 4.74 Å². The van der Waals surface area contributed by atoms with E-state index in [1.54, 1.807) is 7.11 Å². The van der Waals surface area contributed by atoms with Gasteiger partial charge in [0.1, 0.15) is 5.75 Å². The van der Waals surface area contributed by atoms with E-state index in [9.17, 15) is 0 Å². The number of aromatic amines is 1. The zero-order chi connectivity index (χ0) is 11.7. The molecule has 1 aromatic carbocycles. The highest BCUT2D eigenvalue weighted by molar-refractivity contribution is 5.78. The third kappa shape index (κ3) is 1.76. The van der Waals surface area contributed by atoms with Crippen molar-refractivity contribution in [2.75, 3.05) is 7.11 Å². The number of pyridine rings is 1. The van der Waals surface area contributed by atoms with E-state index >= 15 is 0 Å². The van der Waals surface area contributed by atoms with Crippen molar-refractivity contribution in [3.63, 3.8) is 0 Å². The van der Waals surface area contributed by atoms with Crippen molar-refractivity contribution in [2.45, 2.75) is 0 Å². The molecule has 0 atom stereocenters. The van der Waals surface area contributed by atoms with Gasteiger partial charge in [-0.25, -0.2) is 4.98 Å². The SMILES string of the molecule is COc1ccc(-c2ccc3[nH]ccc3n2)cc1. The number of aromatic nitrogens is 2. The molecule has 3 nitrogen and oxygen atoms in total. The molecule has 3 aromatic rings. The van der Waals surface area contributed by atoms with Gasteiger partial charge < -0.3 is 9.72 Å². The van der Waals surface area contributed by atoms with Crippen molar-refractivity contribution < 1.29 is 4.74 Å². The molecule has 0 aliphatic carbocycles. The summed E-state index contributed by atoms with van der Waals surface area (Å²) in [6, 6.07) is 13.9. The molecule has 0 saturated heterocycles. The van der Waals surface area contributed by atoms with Crippen LogP contribution < -0.4 is 4.74 Å². The van der Waals surface area contributed by atoms with Gasteiger partial charge in [-0.1, -0.05) is 0 Å². The van der Waals surface area contributed by atoms with Crippen molar-refractivity contribution in [3.8, 4) is 17.0 Å². The molecule has 2 aromatic heterocycles. The van der Waals surface area contributed by atoms with Gasteiger partial charge in [0.05, 0.1) is 23.8 Å². The Morgan fingerprint density at radius 3 is 2.59 bits per heavy atom. The fraction of sp³-hybridized carbons (Fsp3) is 0.0714. The van der Waals surface area contributed by atoms with Gasteiger partial charge in [-0.2, -0.15) is 0 Å². The summed E-state index contributed by atoms with van der Waals surface area (Å²) in [6.07, 6.45) is 1.90. The molecule has 0 saturated carbocycles. The Hall–Kier alpha value is -2.29. The second-order valence-electron chi connectivity index (χ2n) is 3.84. The first-order valence-corrected chi connectivity index (χ1v) is 5.45. The molecular formula is C14H12N2O. The molecule has 84 valence electrons. The quantitative estimate of drug-likeness (QED) is 0.725. The molecule has 0 aliphatic rings. The van der Waals surface area contributed by atoms with E-state index in [-0.39, 0.29) is 0 Å². The lowest BCUT2D eigenvalue weighted by Gasteiger charge is -2.03. The zero-order valence-corrected chi connectivity index (χ0v) is 9.47. The van der Waals surface area contributed by atoms with Crippen LogP contribution in [0.5, 0.6) is 5.75 Å². The van der Waals surface area contributed by atoms with Crippen molar-refractivity contribution in [1.82, 2.24) is 9.97 Å². The topological polar surface area (TPSA) is 37.9 Å². The first kappa shape index (κ1) is 9.90. The van der Waals surface area contributed by atoms with Crippen LogP contribution in [0, 0.1) is 0 Å². The largest absolute Gasteiger partial charge is 0.497 e. The molecule has 17 heavy (non-hydrogen) atoms. The Morgan fingerprint density at radius 2 is 1.82 bits per heavy atom. The lowest BCUT2D eigenvalue weighted by atomic mass is 10.1. The second kappa shape index (κ2) is 3.94. The molecule has 0 aliphatic heterocycles. The summed E-state index contributed by atoms with van der Waals surface area (Å²) in [5, 5.41) is 0. The number of nitrogens with zero attached hydrogens (tertiary/aromatic N) is 1. The van der Waals surface area contributed by atoms with Gasteiger partial charge in [0.2, 0.25) is 0 Å². The molecule has 0 unspecified atom stereocenters. The van der Waals surface area contributed by atoms with Crippen LogP contribution in [0.25, 0.3) is 22.3 Å². The van der Waals surface area contributed by atoms with E-state index in [1.807, 2.05) is 48.7 Å². The van der Waals surface area contributed by atoms with E-state index in [0.29, 0.717) is 0 Å². The second-order valence-corrected chi connectivity index (χ2v) is 3.84. The molecule has 0 fully saturated rings. The van der Waals surface area contributed by atoms with Crippen LogP contribution in [-0.4, -0.2) is 17.1 Å². The highest BCUT2D eigenvalue weighted by Crippen LogP contribution is 2.22. The van der Waals surface area contributed by atoms with Crippen molar-refractivity contribution in [1.29, 1.82) is 0 Å². The minimum absolute atomic E-state index is 0.858. The Balaban J connectivity index is 2.06. The van der Waals surface area contributed by atoms with Crippen molar-refractivity contribution in [3.05, 3.63) is 48.7 Å². The van der Waals surface area contributed by atoms with Crippen LogP contribution in [-0.2, 0) is 0 Å². The van der Waals surface area contributed by atoms with Crippen molar-refractivity contribution >= 4 is 11.0 Å². The van der Waals surface area contributed by atoms with Crippen LogP contribution in [0.2, 0.25) is 0 Å². The number of benzene rings is 1. The lowest BCUT2D eigenvalue weighted by molar-refractivity contribution is 0.415. The molecule has 0 amide bonds. The maximum absolute atomic E-state index is 5.14. The van der Waals surface area contributed by atoms with Gasteiger partial charge in [-0.15, -0.1) is 0 Å². The summed E-state index contributed by atoms with van der Waals surface area (Å²) in [5.41, 5.74) is 4.11. The van der Waals surface area contributed by atoms with Crippen LogP contribution in [0.4, 0.5) is 0 Å². The molecule has 3 heteroatoms. The minimum atomic E-state index is 0.858. The predicted molar refractivity (Wildman–Crippen MR) is 68.1 cm³/mol. The standard InChI is InChI=1S/C14H12N2O/c1-17-11-4-2-10(3-5-11)12-6-7-13-14(16-12)8-9-15-13/h2-9,15H,1H3. The van der Waals surface area contributed by atoms with E-state index < -0.39 is 0 Å². The summed E-state index contributed by atoms with van der Waals surface area (Å²) in [6.45, 7) is 0. The number of hydrogen-bond donors (Lipinski definition) is 1. The average molecular weight is 224 g/mol. The lowest BCUT2D eigenvalue weighted by Crippen LogP contribution is -1.85. The number of rotatable bonds is 2. The Morgan fingerprint density at radius 1 is 1.00 bits per heavy atom. The third-order valence-electron chi connectivity index (χ3n) is 2.79. The number of methoxy groups -OCH3 is 1. The Bertz CT molecular complexity index is 641. The monoisotopic (exact) mass is 224 g/mol. The highest BCUT2D eigenvalue weighted by Gasteiger charge is 2.02. The zero-order valence-electron chi connectivity index (χ0n) is 9.47. The van der Waals surface area contributed by atoms with Gasteiger partial charge in [0.15, 0.2) is 0 Å². The summed E-state index contributed by atoms with van der Waals surface area (Å²) >= 11 is 0. The molecule has 1 N–H and O–H groups in total. The van der Waals surface area contributed by atoms with Crippen LogP contribution in [0.15, 0.2) is 48.7 Å².